The van der Waals surface area contributed by atoms with Gasteiger partial charge >= 0.3 is 0 Å². The normalized spacial score (nSPS) is 19.8. The summed E-state index contributed by atoms with van der Waals surface area (Å²) in [5.41, 5.74) is 7.07. The van der Waals surface area contributed by atoms with E-state index in [1.54, 1.807) is 7.11 Å². The highest BCUT2D eigenvalue weighted by molar-refractivity contribution is 5.85. The SMILES string of the molecule is COc1ccc(CN2CCCCC2CCN)cc1.Cl. The summed E-state index contributed by atoms with van der Waals surface area (Å²) in [6.07, 6.45) is 5.09. The van der Waals surface area contributed by atoms with Crippen LogP contribution in [-0.4, -0.2) is 31.1 Å². The van der Waals surface area contributed by atoms with Crippen molar-refractivity contribution in [3.05, 3.63) is 29.8 Å². The molecule has 1 aliphatic heterocycles. The third-order valence-corrected chi connectivity index (χ3v) is 3.79. The standard InChI is InChI=1S/C15H24N2O.ClH/c1-18-15-7-5-13(6-8-15)12-17-11-3-2-4-14(17)9-10-16;/h5-8,14H,2-4,9-12,16H2,1H3;1H. The predicted octanol–water partition coefficient (Wildman–Crippen LogP) is 2.82. The van der Waals surface area contributed by atoms with Crippen LogP contribution in [0.1, 0.15) is 31.2 Å². The molecular formula is C15H25ClN2O. The zero-order valence-corrected chi connectivity index (χ0v) is 12.5. The van der Waals surface area contributed by atoms with Gasteiger partial charge in [0.1, 0.15) is 5.75 Å². The number of halogens is 1. The van der Waals surface area contributed by atoms with Gasteiger partial charge in [-0.3, -0.25) is 4.90 Å². The van der Waals surface area contributed by atoms with Gasteiger partial charge in [-0.1, -0.05) is 18.6 Å². The number of nitrogens with two attached hydrogens (primary N) is 1. The molecule has 3 nitrogen and oxygen atoms in total. The molecule has 2 rings (SSSR count). The Kier molecular flexibility index (Phi) is 7.21. The van der Waals surface area contributed by atoms with Crippen molar-refractivity contribution < 1.29 is 4.74 Å². The molecule has 0 bridgehead atoms. The van der Waals surface area contributed by atoms with Crippen molar-refractivity contribution in [3.63, 3.8) is 0 Å². The van der Waals surface area contributed by atoms with Gasteiger partial charge < -0.3 is 10.5 Å². The van der Waals surface area contributed by atoms with E-state index in [0.717, 1.165) is 25.3 Å². The molecule has 1 unspecified atom stereocenters. The Morgan fingerprint density at radius 3 is 2.63 bits per heavy atom. The molecule has 0 radical (unpaired) electrons. The first-order valence-corrected chi connectivity index (χ1v) is 6.90. The van der Waals surface area contributed by atoms with E-state index in [1.165, 1.54) is 31.4 Å². The van der Waals surface area contributed by atoms with Crippen LogP contribution in [0.25, 0.3) is 0 Å². The molecule has 1 heterocycles. The quantitative estimate of drug-likeness (QED) is 0.904. The summed E-state index contributed by atoms with van der Waals surface area (Å²) in [6.45, 7) is 3.04. The van der Waals surface area contributed by atoms with Gasteiger partial charge in [0.25, 0.3) is 0 Å². The second kappa shape index (κ2) is 8.41. The Morgan fingerprint density at radius 2 is 2.00 bits per heavy atom. The van der Waals surface area contributed by atoms with Gasteiger partial charge in [-0.05, 0) is 50.0 Å². The lowest BCUT2D eigenvalue weighted by molar-refractivity contribution is 0.134. The van der Waals surface area contributed by atoms with E-state index >= 15 is 0 Å². The molecule has 4 heteroatoms. The minimum Gasteiger partial charge on any atom is -0.497 e. The lowest BCUT2D eigenvalue weighted by Gasteiger charge is -2.35. The van der Waals surface area contributed by atoms with Crippen LogP contribution < -0.4 is 10.5 Å². The number of likely N-dealkylation sites (tertiary alicyclic amines) is 1. The number of rotatable bonds is 5. The Morgan fingerprint density at radius 1 is 1.26 bits per heavy atom. The van der Waals surface area contributed by atoms with Crippen molar-refractivity contribution in [1.82, 2.24) is 4.90 Å². The van der Waals surface area contributed by atoms with Gasteiger partial charge in [0.2, 0.25) is 0 Å². The van der Waals surface area contributed by atoms with Crippen molar-refractivity contribution in [2.24, 2.45) is 5.73 Å². The average molecular weight is 285 g/mol. The molecule has 1 fully saturated rings. The summed E-state index contributed by atoms with van der Waals surface area (Å²) in [4.78, 5) is 2.58. The maximum absolute atomic E-state index is 5.71. The van der Waals surface area contributed by atoms with Gasteiger partial charge in [-0.2, -0.15) is 0 Å². The van der Waals surface area contributed by atoms with E-state index in [-0.39, 0.29) is 12.4 Å². The molecule has 0 spiro atoms. The van der Waals surface area contributed by atoms with Crippen LogP contribution in [0.15, 0.2) is 24.3 Å². The first kappa shape index (κ1) is 16.3. The number of hydrogen-bond acceptors (Lipinski definition) is 3. The summed E-state index contributed by atoms with van der Waals surface area (Å²) >= 11 is 0. The van der Waals surface area contributed by atoms with E-state index in [1.807, 2.05) is 12.1 Å². The monoisotopic (exact) mass is 284 g/mol. The third kappa shape index (κ3) is 4.68. The third-order valence-electron chi connectivity index (χ3n) is 3.79. The molecular weight excluding hydrogens is 260 g/mol. The summed E-state index contributed by atoms with van der Waals surface area (Å²) < 4.78 is 5.19. The van der Waals surface area contributed by atoms with Gasteiger partial charge in [0, 0.05) is 12.6 Å². The topological polar surface area (TPSA) is 38.5 Å². The zero-order chi connectivity index (χ0) is 12.8. The average Bonchev–Trinajstić information content (AvgIpc) is 2.42. The smallest absolute Gasteiger partial charge is 0.118 e. The van der Waals surface area contributed by atoms with Gasteiger partial charge in [-0.25, -0.2) is 0 Å². The van der Waals surface area contributed by atoms with Crippen LogP contribution in [0, 0.1) is 0 Å². The number of methoxy groups -OCH3 is 1. The van der Waals surface area contributed by atoms with Crippen molar-refractivity contribution in [1.29, 1.82) is 0 Å². The molecule has 0 saturated carbocycles. The van der Waals surface area contributed by atoms with Crippen LogP contribution in [0.4, 0.5) is 0 Å². The van der Waals surface area contributed by atoms with Gasteiger partial charge in [0.15, 0.2) is 0 Å². The molecule has 0 aromatic heterocycles. The highest BCUT2D eigenvalue weighted by atomic mass is 35.5. The van der Waals surface area contributed by atoms with Crippen molar-refractivity contribution in [3.8, 4) is 5.75 Å². The number of hydrogen-bond donors (Lipinski definition) is 1. The highest BCUT2D eigenvalue weighted by Gasteiger charge is 2.21. The van der Waals surface area contributed by atoms with E-state index < -0.39 is 0 Å². The van der Waals surface area contributed by atoms with Crippen LogP contribution in [-0.2, 0) is 6.54 Å². The van der Waals surface area contributed by atoms with E-state index in [4.69, 9.17) is 10.5 Å². The summed E-state index contributed by atoms with van der Waals surface area (Å²) in [5, 5.41) is 0. The Hall–Kier alpha value is -0.770. The Balaban J connectivity index is 0.00000180. The predicted molar refractivity (Wildman–Crippen MR) is 82.0 cm³/mol. The molecule has 0 aliphatic carbocycles. The Bertz CT molecular complexity index is 354. The zero-order valence-electron chi connectivity index (χ0n) is 11.7. The van der Waals surface area contributed by atoms with Crippen LogP contribution in [0.3, 0.4) is 0 Å². The maximum Gasteiger partial charge on any atom is 0.118 e. The fraction of sp³-hybridized carbons (Fsp3) is 0.600. The minimum absolute atomic E-state index is 0. The molecule has 19 heavy (non-hydrogen) atoms. The highest BCUT2D eigenvalue weighted by Crippen LogP contribution is 2.22. The molecule has 108 valence electrons. The largest absolute Gasteiger partial charge is 0.497 e. The molecule has 1 atom stereocenters. The lowest BCUT2D eigenvalue weighted by Crippen LogP contribution is -2.40. The van der Waals surface area contributed by atoms with Crippen LogP contribution in [0.5, 0.6) is 5.75 Å². The lowest BCUT2D eigenvalue weighted by atomic mass is 9.98. The van der Waals surface area contributed by atoms with E-state index in [2.05, 4.69) is 17.0 Å². The van der Waals surface area contributed by atoms with Crippen molar-refractivity contribution in [2.75, 3.05) is 20.2 Å². The molecule has 1 aromatic rings. The maximum atomic E-state index is 5.71. The van der Waals surface area contributed by atoms with Crippen LogP contribution >= 0.6 is 12.4 Å². The molecule has 0 amide bonds. The summed E-state index contributed by atoms with van der Waals surface area (Å²) in [6, 6.07) is 9.07. The Labute approximate surface area is 122 Å². The number of benzene rings is 1. The second-order valence-corrected chi connectivity index (χ2v) is 5.05. The minimum atomic E-state index is 0. The summed E-state index contributed by atoms with van der Waals surface area (Å²) in [5.74, 6) is 0.927. The number of piperidine rings is 1. The number of nitrogens with zero attached hydrogens (tertiary/aromatic N) is 1. The van der Waals surface area contributed by atoms with Gasteiger partial charge in [0.05, 0.1) is 7.11 Å². The first-order valence-electron chi connectivity index (χ1n) is 6.90. The summed E-state index contributed by atoms with van der Waals surface area (Å²) in [7, 11) is 1.71. The first-order chi connectivity index (χ1) is 8.83. The fourth-order valence-corrected chi connectivity index (χ4v) is 2.75. The van der Waals surface area contributed by atoms with Crippen molar-refractivity contribution in [2.45, 2.75) is 38.3 Å². The molecule has 1 aromatic carbocycles. The molecule has 2 N–H and O–H groups in total. The molecule has 1 aliphatic rings. The van der Waals surface area contributed by atoms with E-state index in [0.29, 0.717) is 6.04 Å². The molecule has 1 saturated heterocycles. The second-order valence-electron chi connectivity index (χ2n) is 5.05. The van der Waals surface area contributed by atoms with Crippen molar-refractivity contribution >= 4 is 12.4 Å². The number of ether oxygens (including phenoxy) is 1. The van der Waals surface area contributed by atoms with Gasteiger partial charge in [-0.15, -0.1) is 12.4 Å². The van der Waals surface area contributed by atoms with E-state index in [9.17, 15) is 0 Å². The fourth-order valence-electron chi connectivity index (χ4n) is 2.75. The van der Waals surface area contributed by atoms with Crippen LogP contribution in [0.2, 0.25) is 0 Å².